The molecule has 0 spiro atoms. The number of hydrogen-bond acceptors (Lipinski definition) is 1. The maximum Gasteiger partial charge on any atom is 0.216 e. The minimum Gasteiger partial charge on any atom is -0.355 e. The number of amides is 1. The predicted octanol–water partition coefficient (Wildman–Crippen LogP) is 1.99. The lowest BCUT2D eigenvalue weighted by molar-refractivity contribution is -0.119. The first-order valence-corrected chi connectivity index (χ1v) is 5.13. The van der Waals surface area contributed by atoms with Crippen LogP contribution in [0.1, 0.15) is 25.3 Å². The Morgan fingerprint density at radius 2 is 2.00 bits per heavy atom. The van der Waals surface area contributed by atoms with Gasteiger partial charge in [-0.15, -0.1) is 0 Å². The summed E-state index contributed by atoms with van der Waals surface area (Å²) in [6.45, 7) is 2.18. The van der Waals surface area contributed by atoms with Gasteiger partial charge in [-0.1, -0.05) is 12.1 Å². The van der Waals surface area contributed by atoms with E-state index in [1.54, 1.807) is 0 Å². The highest BCUT2D eigenvalue weighted by Gasteiger charge is 2.44. The van der Waals surface area contributed by atoms with Crippen LogP contribution in [-0.4, -0.2) is 12.5 Å². The maximum absolute atomic E-state index is 12.7. The molecule has 1 aromatic carbocycles. The Hall–Kier alpha value is -1.38. The van der Waals surface area contributed by atoms with E-state index in [-0.39, 0.29) is 17.1 Å². The van der Waals surface area contributed by atoms with Crippen LogP contribution in [0.4, 0.5) is 4.39 Å². The van der Waals surface area contributed by atoms with E-state index in [1.165, 1.54) is 19.1 Å². The highest BCUT2D eigenvalue weighted by Crippen LogP contribution is 2.47. The third kappa shape index (κ3) is 2.17. The molecule has 0 heterocycles. The summed E-state index contributed by atoms with van der Waals surface area (Å²) in [6.07, 6.45) is 2.14. The molecule has 1 aliphatic carbocycles. The number of halogens is 1. The van der Waals surface area contributed by atoms with Gasteiger partial charge in [-0.05, 0) is 30.5 Å². The van der Waals surface area contributed by atoms with Gasteiger partial charge in [0.1, 0.15) is 5.82 Å². The van der Waals surface area contributed by atoms with Crippen molar-refractivity contribution >= 4 is 5.91 Å². The molecule has 80 valence electrons. The van der Waals surface area contributed by atoms with E-state index < -0.39 is 0 Å². The Kier molecular flexibility index (Phi) is 2.47. The summed E-state index contributed by atoms with van der Waals surface area (Å²) in [5, 5.41) is 2.83. The van der Waals surface area contributed by atoms with Crippen molar-refractivity contribution in [3.63, 3.8) is 0 Å². The van der Waals surface area contributed by atoms with Crippen molar-refractivity contribution in [2.75, 3.05) is 6.54 Å². The minimum atomic E-state index is -0.214. The lowest BCUT2D eigenvalue weighted by Crippen LogP contribution is -2.30. The van der Waals surface area contributed by atoms with E-state index in [0.29, 0.717) is 6.54 Å². The van der Waals surface area contributed by atoms with Gasteiger partial charge in [0.2, 0.25) is 5.91 Å². The third-order valence-corrected chi connectivity index (χ3v) is 2.99. The summed E-state index contributed by atoms with van der Waals surface area (Å²) in [5.41, 5.74) is 1.19. The van der Waals surface area contributed by atoms with Gasteiger partial charge in [0.25, 0.3) is 0 Å². The van der Waals surface area contributed by atoms with Crippen molar-refractivity contribution in [1.82, 2.24) is 5.32 Å². The fourth-order valence-corrected chi connectivity index (χ4v) is 1.82. The summed E-state index contributed by atoms with van der Waals surface area (Å²) in [4.78, 5) is 10.8. The molecular weight excluding hydrogens is 193 g/mol. The number of carbonyl (C=O) groups is 1. The molecule has 0 aromatic heterocycles. The molecule has 3 heteroatoms. The van der Waals surface area contributed by atoms with Crippen LogP contribution in [-0.2, 0) is 10.2 Å². The van der Waals surface area contributed by atoms with E-state index in [0.717, 1.165) is 18.4 Å². The van der Waals surface area contributed by atoms with E-state index in [1.807, 2.05) is 12.1 Å². The quantitative estimate of drug-likeness (QED) is 0.807. The van der Waals surface area contributed by atoms with Gasteiger partial charge in [-0.25, -0.2) is 4.39 Å². The van der Waals surface area contributed by atoms with E-state index in [4.69, 9.17) is 0 Å². The Labute approximate surface area is 88.5 Å². The van der Waals surface area contributed by atoms with Crippen molar-refractivity contribution in [3.8, 4) is 0 Å². The third-order valence-electron chi connectivity index (χ3n) is 2.99. The first-order valence-electron chi connectivity index (χ1n) is 5.13. The summed E-state index contributed by atoms with van der Waals surface area (Å²) >= 11 is 0. The first kappa shape index (κ1) is 10.1. The van der Waals surface area contributed by atoms with Gasteiger partial charge < -0.3 is 5.32 Å². The smallest absolute Gasteiger partial charge is 0.216 e. The fourth-order valence-electron chi connectivity index (χ4n) is 1.82. The van der Waals surface area contributed by atoms with Crippen molar-refractivity contribution in [1.29, 1.82) is 0 Å². The van der Waals surface area contributed by atoms with Crippen LogP contribution in [0, 0.1) is 5.82 Å². The molecule has 2 rings (SSSR count). The molecule has 0 unspecified atom stereocenters. The molecule has 1 aliphatic rings. The molecule has 0 atom stereocenters. The van der Waals surface area contributed by atoms with Crippen LogP contribution < -0.4 is 5.32 Å². The molecule has 0 aliphatic heterocycles. The van der Waals surface area contributed by atoms with Crippen LogP contribution in [0.2, 0.25) is 0 Å². The molecule has 1 fully saturated rings. The summed E-state index contributed by atoms with van der Waals surface area (Å²) in [6, 6.07) is 6.57. The SMILES string of the molecule is CC(=O)NCC1(c2ccc(F)cc2)CC1. The second-order valence-corrected chi connectivity index (χ2v) is 4.20. The molecule has 1 saturated carbocycles. The zero-order valence-corrected chi connectivity index (χ0v) is 8.72. The first-order chi connectivity index (χ1) is 7.12. The molecule has 2 nitrogen and oxygen atoms in total. The lowest BCUT2D eigenvalue weighted by Gasteiger charge is -2.15. The number of rotatable bonds is 3. The van der Waals surface area contributed by atoms with Crippen LogP contribution in [0.3, 0.4) is 0 Å². The molecule has 1 amide bonds. The zero-order chi connectivity index (χ0) is 10.9. The zero-order valence-electron chi connectivity index (χ0n) is 8.72. The van der Waals surface area contributed by atoms with Gasteiger partial charge in [0.15, 0.2) is 0 Å². The van der Waals surface area contributed by atoms with Crippen LogP contribution in [0.15, 0.2) is 24.3 Å². The van der Waals surface area contributed by atoms with E-state index >= 15 is 0 Å². The summed E-state index contributed by atoms with van der Waals surface area (Å²) in [7, 11) is 0. The number of benzene rings is 1. The lowest BCUT2D eigenvalue weighted by atomic mass is 9.96. The maximum atomic E-state index is 12.7. The van der Waals surface area contributed by atoms with Gasteiger partial charge in [-0.3, -0.25) is 4.79 Å². The molecule has 1 N–H and O–H groups in total. The molecule has 15 heavy (non-hydrogen) atoms. The number of carbonyl (C=O) groups excluding carboxylic acids is 1. The second kappa shape index (κ2) is 3.65. The van der Waals surface area contributed by atoms with Crippen LogP contribution in [0.5, 0.6) is 0 Å². The van der Waals surface area contributed by atoms with Crippen molar-refractivity contribution in [2.45, 2.75) is 25.2 Å². The monoisotopic (exact) mass is 207 g/mol. The van der Waals surface area contributed by atoms with Gasteiger partial charge in [0, 0.05) is 18.9 Å². The van der Waals surface area contributed by atoms with E-state index in [9.17, 15) is 9.18 Å². The Balaban J connectivity index is 2.09. The fraction of sp³-hybridized carbons (Fsp3) is 0.417. The highest BCUT2D eigenvalue weighted by molar-refractivity contribution is 5.73. The minimum absolute atomic E-state index is 0.0108. The average Bonchev–Trinajstić information content (AvgIpc) is 2.97. The number of nitrogens with one attached hydrogen (secondary N) is 1. The average molecular weight is 207 g/mol. The van der Waals surface area contributed by atoms with Crippen LogP contribution >= 0.6 is 0 Å². The van der Waals surface area contributed by atoms with Crippen molar-refractivity contribution in [3.05, 3.63) is 35.6 Å². The van der Waals surface area contributed by atoms with E-state index in [2.05, 4.69) is 5.32 Å². The highest BCUT2D eigenvalue weighted by atomic mass is 19.1. The normalized spacial score (nSPS) is 17.2. The Bertz CT molecular complexity index is 368. The molecular formula is C12H14FNO. The molecule has 0 radical (unpaired) electrons. The largest absolute Gasteiger partial charge is 0.355 e. The second-order valence-electron chi connectivity index (χ2n) is 4.20. The molecule has 0 saturated heterocycles. The molecule has 1 aromatic rings. The standard InChI is InChI=1S/C12H14FNO/c1-9(15)14-8-12(6-7-12)10-2-4-11(13)5-3-10/h2-5H,6-8H2,1H3,(H,14,15). The predicted molar refractivity (Wildman–Crippen MR) is 56.0 cm³/mol. The van der Waals surface area contributed by atoms with Crippen molar-refractivity contribution in [2.24, 2.45) is 0 Å². The van der Waals surface area contributed by atoms with Gasteiger partial charge in [-0.2, -0.15) is 0 Å². The van der Waals surface area contributed by atoms with Crippen molar-refractivity contribution < 1.29 is 9.18 Å². The summed E-state index contributed by atoms with van der Waals surface area (Å²) in [5.74, 6) is -0.225. The van der Waals surface area contributed by atoms with Gasteiger partial charge >= 0.3 is 0 Å². The Morgan fingerprint density at radius 3 is 2.47 bits per heavy atom. The van der Waals surface area contributed by atoms with Crippen LogP contribution in [0.25, 0.3) is 0 Å². The van der Waals surface area contributed by atoms with Gasteiger partial charge in [0.05, 0.1) is 0 Å². The topological polar surface area (TPSA) is 29.1 Å². The summed E-state index contributed by atoms with van der Waals surface area (Å²) < 4.78 is 12.7. The number of hydrogen-bond donors (Lipinski definition) is 1. The molecule has 0 bridgehead atoms. The Morgan fingerprint density at radius 1 is 1.40 bits per heavy atom.